The molecule has 0 amide bonds. The van der Waals surface area contributed by atoms with Gasteiger partial charge in [-0.2, -0.15) is 0 Å². The SMILES string of the molecule is NC(=NO)c1cc(Cl)ccc1N1CCCC(O)C1. The van der Waals surface area contributed by atoms with Crippen LogP contribution in [0.15, 0.2) is 23.4 Å². The third-order valence-corrected chi connectivity index (χ3v) is 3.31. The maximum atomic E-state index is 9.70. The smallest absolute Gasteiger partial charge is 0.172 e. The number of nitrogens with zero attached hydrogens (tertiary/aromatic N) is 2. The van der Waals surface area contributed by atoms with Crippen molar-refractivity contribution in [2.24, 2.45) is 10.9 Å². The Morgan fingerprint density at radius 2 is 2.28 bits per heavy atom. The number of piperidine rings is 1. The minimum Gasteiger partial charge on any atom is -0.409 e. The molecule has 1 atom stereocenters. The van der Waals surface area contributed by atoms with Crippen LogP contribution in [0.25, 0.3) is 0 Å². The highest BCUT2D eigenvalue weighted by Crippen LogP contribution is 2.27. The third kappa shape index (κ3) is 2.68. The number of anilines is 1. The molecule has 1 aromatic carbocycles. The van der Waals surface area contributed by atoms with Crippen LogP contribution in [0.3, 0.4) is 0 Å². The van der Waals surface area contributed by atoms with Crippen LogP contribution in [-0.2, 0) is 0 Å². The summed E-state index contributed by atoms with van der Waals surface area (Å²) < 4.78 is 0. The zero-order valence-electron chi connectivity index (χ0n) is 9.88. The third-order valence-electron chi connectivity index (χ3n) is 3.08. The van der Waals surface area contributed by atoms with E-state index >= 15 is 0 Å². The summed E-state index contributed by atoms with van der Waals surface area (Å²) in [7, 11) is 0. The molecule has 1 fully saturated rings. The minimum atomic E-state index is -0.338. The number of halogens is 1. The van der Waals surface area contributed by atoms with Crippen molar-refractivity contribution in [3.63, 3.8) is 0 Å². The number of hydrogen-bond acceptors (Lipinski definition) is 4. The summed E-state index contributed by atoms with van der Waals surface area (Å²) in [5.41, 5.74) is 7.07. The summed E-state index contributed by atoms with van der Waals surface area (Å²) in [5, 5.41) is 22.1. The molecule has 1 aliphatic heterocycles. The van der Waals surface area contributed by atoms with E-state index in [1.807, 2.05) is 11.0 Å². The van der Waals surface area contributed by atoms with Crippen molar-refractivity contribution in [2.75, 3.05) is 18.0 Å². The number of amidine groups is 1. The molecule has 18 heavy (non-hydrogen) atoms. The van der Waals surface area contributed by atoms with Gasteiger partial charge in [-0.05, 0) is 31.0 Å². The van der Waals surface area contributed by atoms with E-state index in [4.69, 9.17) is 22.5 Å². The van der Waals surface area contributed by atoms with Crippen molar-refractivity contribution in [3.8, 4) is 0 Å². The molecule has 6 heteroatoms. The van der Waals surface area contributed by atoms with Gasteiger partial charge in [0.15, 0.2) is 5.84 Å². The molecule has 0 aliphatic carbocycles. The first-order chi connectivity index (χ1) is 8.61. The molecule has 1 aliphatic rings. The lowest BCUT2D eigenvalue weighted by Gasteiger charge is -2.33. The van der Waals surface area contributed by atoms with Gasteiger partial charge in [-0.3, -0.25) is 0 Å². The standard InChI is InChI=1S/C12H16ClN3O2/c13-8-3-4-11(10(6-8)12(14)15-18)16-5-1-2-9(17)7-16/h3-4,6,9,17-18H,1-2,5,7H2,(H2,14,15). The van der Waals surface area contributed by atoms with E-state index in [1.54, 1.807) is 12.1 Å². The van der Waals surface area contributed by atoms with E-state index in [1.165, 1.54) is 0 Å². The van der Waals surface area contributed by atoms with Gasteiger partial charge in [-0.25, -0.2) is 0 Å². The Hall–Kier alpha value is -1.46. The summed E-state index contributed by atoms with van der Waals surface area (Å²) in [6.07, 6.45) is 1.39. The molecule has 1 heterocycles. The second-order valence-electron chi connectivity index (χ2n) is 4.39. The van der Waals surface area contributed by atoms with E-state index in [0.717, 1.165) is 25.1 Å². The van der Waals surface area contributed by atoms with Gasteiger partial charge in [-0.15, -0.1) is 0 Å². The highest BCUT2D eigenvalue weighted by Gasteiger charge is 2.21. The van der Waals surface area contributed by atoms with Gasteiger partial charge in [0.1, 0.15) is 0 Å². The molecular weight excluding hydrogens is 254 g/mol. The fraction of sp³-hybridized carbons (Fsp3) is 0.417. The van der Waals surface area contributed by atoms with E-state index in [-0.39, 0.29) is 11.9 Å². The van der Waals surface area contributed by atoms with Crippen molar-refractivity contribution >= 4 is 23.1 Å². The highest BCUT2D eigenvalue weighted by atomic mass is 35.5. The Balaban J connectivity index is 2.37. The fourth-order valence-electron chi connectivity index (χ4n) is 2.22. The van der Waals surface area contributed by atoms with E-state index in [9.17, 15) is 5.11 Å². The first kappa shape index (κ1) is 13.0. The number of aliphatic hydroxyl groups excluding tert-OH is 1. The van der Waals surface area contributed by atoms with Crippen LogP contribution in [0.5, 0.6) is 0 Å². The average Bonchev–Trinajstić information content (AvgIpc) is 2.37. The van der Waals surface area contributed by atoms with Crippen LogP contribution >= 0.6 is 11.6 Å². The zero-order valence-corrected chi connectivity index (χ0v) is 10.6. The molecule has 2 rings (SSSR count). The molecule has 1 unspecified atom stereocenters. The summed E-state index contributed by atoms with van der Waals surface area (Å²) in [6, 6.07) is 5.24. The van der Waals surface area contributed by atoms with Crippen LogP contribution in [0.2, 0.25) is 5.02 Å². The lowest BCUT2D eigenvalue weighted by Crippen LogP contribution is -2.39. The van der Waals surface area contributed by atoms with Crippen molar-refractivity contribution in [1.82, 2.24) is 0 Å². The Morgan fingerprint density at radius 1 is 1.50 bits per heavy atom. The fourth-order valence-corrected chi connectivity index (χ4v) is 2.39. The second kappa shape index (κ2) is 5.46. The largest absolute Gasteiger partial charge is 0.409 e. The Bertz CT molecular complexity index is 465. The van der Waals surface area contributed by atoms with E-state index < -0.39 is 0 Å². The molecule has 0 saturated carbocycles. The van der Waals surface area contributed by atoms with Gasteiger partial charge in [-0.1, -0.05) is 16.8 Å². The van der Waals surface area contributed by atoms with E-state index in [2.05, 4.69) is 5.16 Å². The van der Waals surface area contributed by atoms with Crippen LogP contribution < -0.4 is 10.6 Å². The number of hydrogen-bond donors (Lipinski definition) is 3. The number of aliphatic hydroxyl groups is 1. The van der Waals surface area contributed by atoms with Crippen LogP contribution in [-0.4, -0.2) is 35.3 Å². The number of rotatable bonds is 2. The normalized spacial score (nSPS) is 21.1. The van der Waals surface area contributed by atoms with Crippen molar-refractivity contribution in [2.45, 2.75) is 18.9 Å². The van der Waals surface area contributed by atoms with Gasteiger partial charge < -0.3 is 20.9 Å². The van der Waals surface area contributed by atoms with Crippen LogP contribution in [0.4, 0.5) is 5.69 Å². The number of β-amino-alcohol motifs (C(OH)–C–C–N with tert-alkyl or cyclic N) is 1. The first-order valence-corrected chi connectivity index (χ1v) is 6.20. The van der Waals surface area contributed by atoms with Crippen molar-refractivity contribution in [1.29, 1.82) is 0 Å². The monoisotopic (exact) mass is 269 g/mol. The van der Waals surface area contributed by atoms with Gasteiger partial charge in [0.25, 0.3) is 0 Å². The first-order valence-electron chi connectivity index (χ1n) is 5.82. The maximum Gasteiger partial charge on any atom is 0.172 e. The topological polar surface area (TPSA) is 82.1 Å². The molecule has 0 spiro atoms. The van der Waals surface area contributed by atoms with Gasteiger partial charge in [0.2, 0.25) is 0 Å². The van der Waals surface area contributed by atoms with Crippen molar-refractivity contribution in [3.05, 3.63) is 28.8 Å². The number of nitrogens with two attached hydrogens (primary N) is 1. The molecule has 0 bridgehead atoms. The van der Waals surface area contributed by atoms with Gasteiger partial charge in [0, 0.05) is 29.4 Å². The predicted octanol–water partition coefficient (Wildman–Crippen LogP) is 1.40. The Morgan fingerprint density at radius 3 is 2.94 bits per heavy atom. The molecule has 0 radical (unpaired) electrons. The van der Waals surface area contributed by atoms with Gasteiger partial charge in [0.05, 0.1) is 6.10 Å². The maximum absolute atomic E-state index is 9.70. The lowest BCUT2D eigenvalue weighted by molar-refractivity contribution is 0.154. The second-order valence-corrected chi connectivity index (χ2v) is 4.83. The average molecular weight is 270 g/mol. The molecule has 1 saturated heterocycles. The molecular formula is C12H16ClN3O2. The molecule has 5 nitrogen and oxygen atoms in total. The van der Waals surface area contributed by atoms with Crippen molar-refractivity contribution < 1.29 is 10.3 Å². The summed E-state index contributed by atoms with van der Waals surface area (Å²) >= 11 is 5.93. The Labute approximate surface area is 110 Å². The summed E-state index contributed by atoms with van der Waals surface area (Å²) in [6.45, 7) is 1.39. The predicted molar refractivity (Wildman–Crippen MR) is 71.4 cm³/mol. The number of benzene rings is 1. The molecule has 1 aromatic rings. The molecule has 98 valence electrons. The zero-order chi connectivity index (χ0) is 13.1. The van der Waals surface area contributed by atoms with Crippen LogP contribution in [0.1, 0.15) is 18.4 Å². The van der Waals surface area contributed by atoms with E-state index in [0.29, 0.717) is 17.1 Å². The highest BCUT2D eigenvalue weighted by molar-refractivity contribution is 6.31. The quantitative estimate of drug-likeness (QED) is 0.328. The number of oxime groups is 1. The Kier molecular flexibility index (Phi) is 3.93. The minimum absolute atomic E-state index is 0.0209. The van der Waals surface area contributed by atoms with Gasteiger partial charge >= 0.3 is 0 Å². The summed E-state index contributed by atoms with van der Waals surface area (Å²) in [4.78, 5) is 2.03. The van der Waals surface area contributed by atoms with Crippen LogP contribution in [0, 0.1) is 0 Å². The molecule has 4 N–H and O–H groups in total. The lowest BCUT2D eigenvalue weighted by atomic mass is 10.0. The molecule has 0 aromatic heterocycles. The summed E-state index contributed by atoms with van der Waals surface area (Å²) in [5.74, 6) is 0.0209.